The van der Waals surface area contributed by atoms with E-state index in [0.717, 1.165) is 5.69 Å². The lowest BCUT2D eigenvalue weighted by Crippen LogP contribution is -2.14. The van der Waals surface area contributed by atoms with Crippen LogP contribution in [0.25, 0.3) is 0 Å². The SMILES string of the molecule is COc1cccc(Nc2nccc(C(=O)Nc3ccc4c(c3)OCO4)n2)c1. The Hall–Kier alpha value is -3.81. The molecule has 8 heteroatoms. The van der Waals surface area contributed by atoms with Crippen molar-refractivity contribution in [1.82, 2.24) is 9.97 Å². The molecule has 136 valence electrons. The Bertz CT molecular complexity index is 993. The highest BCUT2D eigenvalue weighted by molar-refractivity contribution is 6.03. The lowest BCUT2D eigenvalue weighted by atomic mass is 10.2. The number of hydrogen-bond donors (Lipinski definition) is 2. The first kappa shape index (κ1) is 16.6. The van der Waals surface area contributed by atoms with E-state index in [0.29, 0.717) is 28.9 Å². The Balaban J connectivity index is 1.49. The lowest BCUT2D eigenvalue weighted by molar-refractivity contribution is 0.102. The molecule has 0 aliphatic carbocycles. The molecule has 0 bridgehead atoms. The molecule has 0 saturated carbocycles. The number of benzene rings is 2. The molecule has 0 spiro atoms. The second-order valence-electron chi connectivity index (χ2n) is 5.64. The summed E-state index contributed by atoms with van der Waals surface area (Å²) in [6.07, 6.45) is 1.52. The van der Waals surface area contributed by atoms with E-state index >= 15 is 0 Å². The Morgan fingerprint density at radius 1 is 1.07 bits per heavy atom. The molecule has 0 unspecified atom stereocenters. The van der Waals surface area contributed by atoms with Gasteiger partial charge in [0.05, 0.1) is 7.11 Å². The molecule has 1 amide bonds. The number of amides is 1. The second kappa shape index (κ2) is 7.20. The number of anilines is 3. The average molecular weight is 364 g/mol. The van der Waals surface area contributed by atoms with Gasteiger partial charge in [0.15, 0.2) is 11.5 Å². The summed E-state index contributed by atoms with van der Waals surface area (Å²) >= 11 is 0. The lowest BCUT2D eigenvalue weighted by Gasteiger charge is -2.09. The van der Waals surface area contributed by atoms with E-state index in [-0.39, 0.29) is 18.4 Å². The van der Waals surface area contributed by atoms with Crippen molar-refractivity contribution in [2.45, 2.75) is 0 Å². The van der Waals surface area contributed by atoms with Crippen LogP contribution in [0.5, 0.6) is 17.2 Å². The van der Waals surface area contributed by atoms with Crippen molar-refractivity contribution in [2.75, 3.05) is 24.5 Å². The third-order valence-electron chi connectivity index (χ3n) is 3.84. The molecule has 0 saturated heterocycles. The molecule has 27 heavy (non-hydrogen) atoms. The molecule has 0 fully saturated rings. The molecule has 1 aromatic heterocycles. The molecule has 1 aliphatic rings. The molecule has 4 rings (SSSR count). The predicted octanol–water partition coefficient (Wildman–Crippen LogP) is 3.21. The number of fused-ring (bicyclic) bond motifs is 1. The Morgan fingerprint density at radius 2 is 1.96 bits per heavy atom. The molecule has 8 nitrogen and oxygen atoms in total. The fourth-order valence-corrected chi connectivity index (χ4v) is 2.54. The summed E-state index contributed by atoms with van der Waals surface area (Å²) in [5.41, 5.74) is 1.57. The molecule has 2 N–H and O–H groups in total. The van der Waals surface area contributed by atoms with E-state index in [4.69, 9.17) is 14.2 Å². The van der Waals surface area contributed by atoms with Crippen LogP contribution in [-0.2, 0) is 0 Å². The van der Waals surface area contributed by atoms with Crippen molar-refractivity contribution < 1.29 is 19.0 Å². The highest BCUT2D eigenvalue weighted by Crippen LogP contribution is 2.34. The summed E-state index contributed by atoms with van der Waals surface area (Å²) < 4.78 is 15.8. The van der Waals surface area contributed by atoms with Crippen LogP contribution < -0.4 is 24.8 Å². The van der Waals surface area contributed by atoms with Gasteiger partial charge in [-0.25, -0.2) is 9.97 Å². The van der Waals surface area contributed by atoms with Crippen LogP contribution in [0.4, 0.5) is 17.3 Å². The molecule has 2 aromatic carbocycles. The number of carbonyl (C=O) groups is 1. The zero-order valence-electron chi connectivity index (χ0n) is 14.4. The maximum Gasteiger partial charge on any atom is 0.274 e. The van der Waals surface area contributed by atoms with Crippen molar-refractivity contribution in [3.63, 3.8) is 0 Å². The first-order valence-corrected chi connectivity index (χ1v) is 8.16. The van der Waals surface area contributed by atoms with Gasteiger partial charge in [0, 0.05) is 29.7 Å². The summed E-state index contributed by atoms with van der Waals surface area (Å²) in [6, 6.07) is 14.1. The van der Waals surface area contributed by atoms with Crippen molar-refractivity contribution >= 4 is 23.2 Å². The van der Waals surface area contributed by atoms with Crippen LogP contribution in [0, 0.1) is 0 Å². The highest BCUT2D eigenvalue weighted by atomic mass is 16.7. The number of rotatable bonds is 5. The van der Waals surface area contributed by atoms with Gasteiger partial charge in [-0.1, -0.05) is 6.07 Å². The number of methoxy groups -OCH3 is 1. The van der Waals surface area contributed by atoms with E-state index in [1.54, 1.807) is 31.4 Å². The quantitative estimate of drug-likeness (QED) is 0.718. The van der Waals surface area contributed by atoms with E-state index in [1.165, 1.54) is 6.20 Å². The number of nitrogens with one attached hydrogen (secondary N) is 2. The van der Waals surface area contributed by atoms with Gasteiger partial charge >= 0.3 is 0 Å². The second-order valence-corrected chi connectivity index (χ2v) is 5.64. The number of aromatic nitrogens is 2. The summed E-state index contributed by atoms with van der Waals surface area (Å²) in [6.45, 7) is 0.179. The van der Waals surface area contributed by atoms with Gasteiger partial charge in [-0.15, -0.1) is 0 Å². The number of ether oxygens (including phenoxy) is 3. The van der Waals surface area contributed by atoms with Gasteiger partial charge in [0.1, 0.15) is 11.4 Å². The van der Waals surface area contributed by atoms with Crippen LogP contribution >= 0.6 is 0 Å². The van der Waals surface area contributed by atoms with E-state index in [2.05, 4.69) is 20.6 Å². The van der Waals surface area contributed by atoms with Crippen molar-refractivity contribution in [1.29, 1.82) is 0 Å². The Labute approximate surface area is 155 Å². The molecule has 2 heterocycles. The van der Waals surface area contributed by atoms with E-state index in [1.807, 2.05) is 24.3 Å². The molecule has 3 aromatic rings. The molecular weight excluding hydrogens is 348 g/mol. The van der Waals surface area contributed by atoms with Gasteiger partial charge in [-0.2, -0.15) is 0 Å². The maximum absolute atomic E-state index is 12.5. The van der Waals surface area contributed by atoms with Crippen LogP contribution in [0.1, 0.15) is 10.5 Å². The minimum Gasteiger partial charge on any atom is -0.497 e. The molecular formula is C19H16N4O4. The van der Waals surface area contributed by atoms with Crippen molar-refractivity contribution in [3.05, 3.63) is 60.4 Å². The standard InChI is InChI=1S/C19H16N4O4/c1-25-14-4-2-3-12(9-14)22-19-20-8-7-15(23-19)18(24)21-13-5-6-16-17(10-13)27-11-26-16/h2-10H,11H2,1H3,(H,21,24)(H,20,22,23). The van der Waals surface area contributed by atoms with Crippen LogP contribution in [0.2, 0.25) is 0 Å². The third kappa shape index (κ3) is 3.74. The summed E-state index contributed by atoms with van der Waals surface area (Å²) in [4.78, 5) is 20.9. The largest absolute Gasteiger partial charge is 0.497 e. The smallest absolute Gasteiger partial charge is 0.274 e. The van der Waals surface area contributed by atoms with Gasteiger partial charge in [-0.3, -0.25) is 4.79 Å². The fraction of sp³-hybridized carbons (Fsp3) is 0.105. The van der Waals surface area contributed by atoms with Crippen LogP contribution in [-0.4, -0.2) is 29.8 Å². The van der Waals surface area contributed by atoms with Crippen molar-refractivity contribution in [2.24, 2.45) is 0 Å². The number of hydrogen-bond acceptors (Lipinski definition) is 7. The number of nitrogens with zero attached hydrogens (tertiary/aromatic N) is 2. The fourth-order valence-electron chi connectivity index (χ4n) is 2.54. The van der Waals surface area contributed by atoms with Gasteiger partial charge in [0.2, 0.25) is 12.7 Å². The maximum atomic E-state index is 12.5. The summed E-state index contributed by atoms with van der Waals surface area (Å²) in [5.74, 6) is 1.90. The minimum absolute atomic E-state index is 0.179. The highest BCUT2D eigenvalue weighted by Gasteiger charge is 2.15. The Morgan fingerprint density at radius 3 is 2.85 bits per heavy atom. The van der Waals surface area contributed by atoms with Crippen LogP contribution in [0.3, 0.4) is 0 Å². The van der Waals surface area contributed by atoms with Gasteiger partial charge in [-0.05, 0) is 30.3 Å². The summed E-state index contributed by atoms with van der Waals surface area (Å²) in [7, 11) is 1.59. The summed E-state index contributed by atoms with van der Waals surface area (Å²) in [5, 5.41) is 5.84. The number of carbonyl (C=O) groups excluding carboxylic acids is 1. The van der Waals surface area contributed by atoms with E-state index in [9.17, 15) is 4.79 Å². The zero-order valence-corrected chi connectivity index (χ0v) is 14.4. The van der Waals surface area contributed by atoms with Crippen LogP contribution in [0.15, 0.2) is 54.7 Å². The molecule has 1 aliphatic heterocycles. The first-order valence-electron chi connectivity index (χ1n) is 8.16. The van der Waals surface area contributed by atoms with E-state index < -0.39 is 0 Å². The van der Waals surface area contributed by atoms with Gasteiger partial charge in [0.25, 0.3) is 5.91 Å². The third-order valence-corrected chi connectivity index (χ3v) is 3.84. The predicted molar refractivity (Wildman–Crippen MR) is 98.8 cm³/mol. The monoisotopic (exact) mass is 364 g/mol. The average Bonchev–Trinajstić information content (AvgIpc) is 3.16. The normalized spacial score (nSPS) is 11.7. The van der Waals surface area contributed by atoms with Crippen molar-refractivity contribution in [3.8, 4) is 17.2 Å². The Kier molecular flexibility index (Phi) is 4.44. The minimum atomic E-state index is -0.357. The van der Waals surface area contributed by atoms with Gasteiger partial charge < -0.3 is 24.8 Å². The molecule has 0 atom stereocenters. The molecule has 0 radical (unpaired) electrons. The first-order chi connectivity index (χ1) is 13.2. The zero-order chi connectivity index (χ0) is 18.6. The topological polar surface area (TPSA) is 94.6 Å².